The first kappa shape index (κ1) is 31.9. The van der Waals surface area contributed by atoms with Gasteiger partial charge in [-0.15, -0.1) is 0 Å². The zero-order valence-electron chi connectivity index (χ0n) is 26.4. The number of ketones is 1. The third-order valence-electron chi connectivity index (χ3n) is 8.66. The molecule has 1 amide bonds. The standard InChI is InChI=1S/C40H33Br2N3O3/c1-2-48-40(47)45-25-31(19-29-23-43(37-9-5-3-7-35(29)37)21-27-11-15-33(41)16-12-27)39(46)32(26-45)20-30-24-44(38-10-6-4-8-36(30)38)22-28-13-17-34(42)18-14-28/h3-20,23-24H,2,21-22,25-26H2,1H3/b31-19+,32-20+. The number of rotatable bonds is 7. The van der Waals surface area contributed by atoms with Gasteiger partial charge in [0.1, 0.15) is 0 Å². The summed E-state index contributed by atoms with van der Waals surface area (Å²) in [6.07, 6.45) is 7.64. The maximum absolute atomic E-state index is 14.3. The van der Waals surface area contributed by atoms with Gasteiger partial charge in [-0.3, -0.25) is 9.69 Å². The molecule has 0 atom stereocenters. The van der Waals surface area contributed by atoms with Crippen LogP contribution in [0.1, 0.15) is 29.2 Å². The summed E-state index contributed by atoms with van der Waals surface area (Å²) in [6, 6.07) is 33.0. The Morgan fingerprint density at radius 1 is 0.688 bits per heavy atom. The van der Waals surface area contributed by atoms with E-state index in [0.717, 1.165) is 41.9 Å². The number of ether oxygens (including phenoxy) is 1. The number of fused-ring (bicyclic) bond motifs is 2. The molecule has 6 nitrogen and oxygen atoms in total. The van der Waals surface area contributed by atoms with E-state index in [1.807, 2.05) is 60.7 Å². The van der Waals surface area contributed by atoms with Gasteiger partial charge in [0.2, 0.25) is 0 Å². The van der Waals surface area contributed by atoms with Crippen molar-refractivity contribution in [1.82, 2.24) is 14.0 Å². The molecule has 0 N–H and O–H groups in total. The van der Waals surface area contributed by atoms with E-state index >= 15 is 0 Å². The summed E-state index contributed by atoms with van der Waals surface area (Å²) in [5, 5.41) is 2.09. The number of hydrogen-bond donors (Lipinski definition) is 0. The Bertz CT molecular complexity index is 2060. The van der Waals surface area contributed by atoms with E-state index in [-0.39, 0.29) is 25.5 Å². The molecule has 48 heavy (non-hydrogen) atoms. The van der Waals surface area contributed by atoms with Gasteiger partial charge < -0.3 is 13.9 Å². The summed E-state index contributed by atoms with van der Waals surface area (Å²) < 4.78 is 11.9. The van der Waals surface area contributed by atoms with Crippen LogP contribution in [0.2, 0.25) is 0 Å². The van der Waals surface area contributed by atoms with Crippen LogP contribution in [-0.4, -0.2) is 45.6 Å². The van der Waals surface area contributed by atoms with Crippen LogP contribution < -0.4 is 0 Å². The average molecular weight is 764 g/mol. The van der Waals surface area contributed by atoms with Crippen LogP contribution in [0.3, 0.4) is 0 Å². The fraction of sp³-hybridized carbons (Fsp3) is 0.150. The maximum Gasteiger partial charge on any atom is 0.410 e. The van der Waals surface area contributed by atoms with E-state index in [1.165, 1.54) is 11.1 Å². The molecule has 240 valence electrons. The topological polar surface area (TPSA) is 56.5 Å². The van der Waals surface area contributed by atoms with Crippen LogP contribution >= 0.6 is 31.9 Å². The molecule has 0 unspecified atom stereocenters. The molecule has 3 heterocycles. The average Bonchev–Trinajstić information content (AvgIpc) is 3.62. The van der Waals surface area contributed by atoms with E-state index in [1.54, 1.807) is 11.8 Å². The number of amides is 1. The number of para-hydroxylation sites is 2. The number of carbonyl (C=O) groups is 2. The van der Waals surface area contributed by atoms with Gasteiger partial charge in [0, 0.05) is 78.5 Å². The number of hydrogen-bond acceptors (Lipinski definition) is 3. The summed E-state index contributed by atoms with van der Waals surface area (Å²) in [6.45, 7) is 3.78. The van der Waals surface area contributed by atoms with Crippen molar-refractivity contribution in [1.29, 1.82) is 0 Å². The minimum absolute atomic E-state index is 0.0648. The number of halogens is 2. The lowest BCUT2D eigenvalue weighted by Crippen LogP contribution is -2.41. The van der Waals surface area contributed by atoms with Crippen molar-refractivity contribution < 1.29 is 14.3 Å². The normalized spacial score (nSPS) is 15.2. The summed E-state index contributed by atoms with van der Waals surface area (Å²) in [7, 11) is 0. The van der Waals surface area contributed by atoms with E-state index in [2.05, 4.69) is 102 Å². The molecule has 7 rings (SSSR count). The third-order valence-corrected chi connectivity index (χ3v) is 9.72. The van der Waals surface area contributed by atoms with Crippen LogP contribution in [0.25, 0.3) is 34.0 Å². The second kappa shape index (κ2) is 13.8. The highest BCUT2D eigenvalue weighted by molar-refractivity contribution is 9.10. The molecule has 0 aliphatic carbocycles. The molecule has 1 fully saturated rings. The van der Waals surface area contributed by atoms with Crippen molar-refractivity contribution in [3.05, 3.63) is 152 Å². The van der Waals surface area contributed by atoms with Gasteiger partial charge in [-0.1, -0.05) is 92.5 Å². The van der Waals surface area contributed by atoms with E-state index in [4.69, 9.17) is 4.74 Å². The van der Waals surface area contributed by atoms with Crippen molar-refractivity contribution in [2.45, 2.75) is 20.0 Å². The van der Waals surface area contributed by atoms with Gasteiger partial charge in [-0.2, -0.15) is 0 Å². The van der Waals surface area contributed by atoms with Crippen LogP contribution in [-0.2, 0) is 22.6 Å². The summed E-state index contributed by atoms with van der Waals surface area (Å²) in [5.74, 6) is -0.0648. The van der Waals surface area contributed by atoms with Gasteiger partial charge in [0.15, 0.2) is 5.78 Å². The lowest BCUT2D eigenvalue weighted by molar-refractivity contribution is -0.113. The van der Waals surface area contributed by atoms with Gasteiger partial charge in [0.25, 0.3) is 0 Å². The number of carbonyl (C=O) groups excluding carboxylic acids is 2. The van der Waals surface area contributed by atoms with Crippen LogP contribution in [0.5, 0.6) is 0 Å². The van der Waals surface area contributed by atoms with E-state index in [0.29, 0.717) is 24.2 Å². The largest absolute Gasteiger partial charge is 0.450 e. The smallest absolute Gasteiger partial charge is 0.410 e. The SMILES string of the molecule is CCOC(=O)N1C/C(=C\c2cn(Cc3ccc(Br)cc3)c3ccccc23)C(=O)/C(=C/c2cn(Cc3ccc(Br)cc3)c3ccccc23)C1. The molecule has 0 spiro atoms. The van der Waals surface area contributed by atoms with Crippen molar-refractivity contribution in [2.24, 2.45) is 0 Å². The third kappa shape index (κ3) is 6.68. The molecule has 0 saturated carbocycles. The molecule has 6 aromatic rings. The first-order valence-electron chi connectivity index (χ1n) is 15.9. The van der Waals surface area contributed by atoms with E-state index < -0.39 is 6.09 Å². The monoisotopic (exact) mass is 761 g/mol. The Labute approximate surface area is 296 Å². The Morgan fingerprint density at radius 2 is 1.12 bits per heavy atom. The zero-order valence-corrected chi connectivity index (χ0v) is 29.6. The van der Waals surface area contributed by atoms with Gasteiger partial charge in [-0.25, -0.2) is 4.79 Å². The predicted molar refractivity (Wildman–Crippen MR) is 200 cm³/mol. The molecule has 4 aromatic carbocycles. The summed E-state index contributed by atoms with van der Waals surface area (Å²) in [4.78, 5) is 29.0. The number of piperidine rings is 1. The molecule has 2 aromatic heterocycles. The second-order valence-electron chi connectivity index (χ2n) is 11.9. The van der Waals surface area contributed by atoms with Crippen molar-refractivity contribution in [3.8, 4) is 0 Å². The molecule has 0 radical (unpaired) electrons. The van der Waals surface area contributed by atoms with Crippen molar-refractivity contribution >= 4 is 77.7 Å². The number of Topliss-reactive ketones (excluding diaryl/α,β-unsaturated/α-hetero) is 1. The van der Waals surface area contributed by atoms with Gasteiger partial charge >= 0.3 is 6.09 Å². The Hall–Kier alpha value is -4.66. The lowest BCUT2D eigenvalue weighted by atomic mass is 9.94. The molecule has 1 saturated heterocycles. The number of likely N-dealkylation sites (tertiary alicyclic amines) is 1. The predicted octanol–water partition coefficient (Wildman–Crippen LogP) is 9.73. The van der Waals surface area contributed by atoms with Crippen LogP contribution in [0.4, 0.5) is 4.79 Å². The molecular formula is C40H33Br2N3O3. The maximum atomic E-state index is 14.3. The Kier molecular flexibility index (Phi) is 9.19. The van der Waals surface area contributed by atoms with Crippen molar-refractivity contribution in [3.63, 3.8) is 0 Å². The first-order chi connectivity index (χ1) is 23.4. The summed E-state index contributed by atoms with van der Waals surface area (Å²) in [5.41, 5.74) is 7.45. The first-order valence-corrected chi connectivity index (χ1v) is 17.5. The van der Waals surface area contributed by atoms with Crippen LogP contribution in [0, 0.1) is 0 Å². The zero-order chi connectivity index (χ0) is 33.2. The molecule has 1 aliphatic heterocycles. The fourth-order valence-electron chi connectivity index (χ4n) is 6.37. The number of aromatic nitrogens is 2. The highest BCUT2D eigenvalue weighted by atomic mass is 79.9. The highest BCUT2D eigenvalue weighted by Crippen LogP contribution is 2.30. The fourth-order valence-corrected chi connectivity index (χ4v) is 6.90. The van der Waals surface area contributed by atoms with Crippen LogP contribution in [0.15, 0.2) is 130 Å². The van der Waals surface area contributed by atoms with Crippen molar-refractivity contribution in [2.75, 3.05) is 19.7 Å². The number of benzene rings is 4. The Morgan fingerprint density at radius 3 is 1.56 bits per heavy atom. The molecule has 8 heteroatoms. The lowest BCUT2D eigenvalue weighted by Gasteiger charge is -2.29. The number of nitrogens with zero attached hydrogens (tertiary/aromatic N) is 3. The minimum Gasteiger partial charge on any atom is -0.450 e. The van der Waals surface area contributed by atoms with E-state index in [9.17, 15) is 9.59 Å². The highest BCUT2D eigenvalue weighted by Gasteiger charge is 2.30. The molecule has 0 bridgehead atoms. The minimum atomic E-state index is -0.433. The molecular weight excluding hydrogens is 730 g/mol. The molecule has 1 aliphatic rings. The van der Waals surface area contributed by atoms with Gasteiger partial charge in [-0.05, 0) is 66.6 Å². The Balaban J connectivity index is 1.28. The second-order valence-corrected chi connectivity index (χ2v) is 13.8. The quantitative estimate of drug-likeness (QED) is 0.152. The summed E-state index contributed by atoms with van der Waals surface area (Å²) >= 11 is 7.05. The van der Waals surface area contributed by atoms with Gasteiger partial charge in [0.05, 0.1) is 19.7 Å².